The van der Waals surface area contributed by atoms with E-state index in [-0.39, 0.29) is 6.92 Å². The topological polar surface area (TPSA) is 35.2 Å². The van der Waals surface area contributed by atoms with Crippen LogP contribution in [0.2, 0.25) is 10.0 Å². The van der Waals surface area contributed by atoms with E-state index in [2.05, 4.69) is 6.58 Å². The largest absolute Gasteiger partial charge is 0.426 e. The van der Waals surface area contributed by atoms with Crippen LogP contribution in [0.5, 0.6) is 0 Å². The molecule has 21 heavy (non-hydrogen) atoms. The Kier molecular flexibility index (Phi) is 5.89. The van der Waals surface area contributed by atoms with E-state index < -0.39 is 0 Å². The Balaban J connectivity index is 2.35. The van der Waals surface area contributed by atoms with Gasteiger partial charge in [-0.15, -0.1) is 0 Å². The standard InChI is InChI=1S/C16H16BCl2NO/c1-2-12-3-5-13(6-4-12)17(21-10-9-20)14-7-8-15(18)16(19)11-14/h2-8,11H,1,9-10,20H2. The van der Waals surface area contributed by atoms with E-state index >= 15 is 0 Å². The molecular formula is C16H16BCl2NO. The Morgan fingerprint density at radius 2 is 1.71 bits per heavy atom. The van der Waals surface area contributed by atoms with Crippen molar-refractivity contribution >= 4 is 47.1 Å². The number of hydrogen-bond acceptors (Lipinski definition) is 2. The fourth-order valence-corrected chi connectivity index (χ4v) is 2.36. The number of hydrogen-bond donors (Lipinski definition) is 1. The predicted octanol–water partition coefficient (Wildman–Crippen LogP) is 2.72. The van der Waals surface area contributed by atoms with Crippen molar-refractivity contribution in [3.63, 3.8) is 0 Å². The molecule has 0 aliphatic rings. The number of rotatable bonds is 6. The molecule has 0 spiro atoms. The Morgan fingerprint density at radius 1 is 1.05 bits per heavy atom. The van der Waals surface area contributed by atoms with E-state index in [1.54, 1.807) is 12.1 Å². The summed E-state index contributed by atoms with van der Waals surface area (Å²) in [5.74, 6) is 0. The summed E-state index contributed by atoms with van der Waals surface area (Å²) in [5, 5.41) is 1.04. The minimum absolute atomic E-state index is 0.220. The van der Waals surface area contributed by atoms with E-state index in [0.29, 0.717) is 23.2 Å². The van der Waals surface area contributed by atoms with Crippen molar-refractivity contribution in [2.75, 3.05) is 13.2 Å². The van der Waals surface area contributed by atoms with E-state index in [1.165, 1.54) is 0 Å². The summed E-state index contributed by atoms with van der Waals surface area (Å²) in [6.07, 6.45) is 1.80. The van der Waals surface area contributed by atoms with Crippen molar-refractivity contribution in [2.45, 2.75) is 0 Å². The summed E-state index contributed by atoms with van der Waals surface area (Å²) in [7, 11) is 0. The molecule has 0 amide bonds. The lowest BCUT2D eigenvalue weighted by Crippen LogP contribution is -2.45. The molecule has 2 aromatic rings. The van der Waals surface area contributed by atoms with E-state index in [9.17, 15) is 0 Å². The van der Waals surface area contributed by atoms with Gasteiger partial charge in [-0.05, 0) is 28.6 Å². The lowest BCUT2D eigenvalue weighted by Gasteiger charge is -2.15. The molecule has 0 saturated carbocycles. The van der Waals surface area contributed by atoms with Gasteiger partial charge in [0.05, 0.1) is 10.0 Å². The lowest BCUT2D eigenvalue weighted by atomic mass is 9.55. The second kappa shape index (κ2) is 7.67. The average molecular weight is 320 g/mol. The van der Waals surface area contributed by atoms with Crippen molar-refractivity contribution in [2.24, 2.45) is 5.73 Å². The highest BCUT2D eigenvalue weighted by molar-refractivity contribution is 6.80. The third-order valence-electron chi connectivity index (χ3n) is 3.12. The van der Waals surface area contributed by atoms with Gasteiger partial charge in [-0.2, -0.15) is 0 Å². The quantitative estimate of drug-likeness (QED) is 0.831. The number of halogens is 2. The molecule has 0 saturated heterocycles. The highest BCUT2D eigenvalue weighted by atomic mass is 35.5. The van der Waals surface area contributed by atoms with Crippen molar-refractivity contribution in [3.05, 3.63) is 64.7 Å². The van der Waals surface area contributed by atoms with Crippen molar-refractivity contribution in [1.82, 2.24) is 0 Å². The molecule has 0 fully saturated rings. The van der Waals surface area contributed by atoms with Crippen LogP contribution in [-0.4, -0.2) is 20.1 Å². The van der Waals surface area contributed by atoms with E-state index in [4.69, 9.17) is 33.6 Å². The molecule has 2 N–H and O–H groups in total. The molecule has 2 aromatic carbocycles. The molecule has 108 valence electrons. The van der Waals surface area contributed by atoms with Gasteiger partial charge in [-0.25, -0.2) is 0 Å². The third-order valence-corrected chi connectivity index (χ3v) is 3.86. The third kappa shape index (κ3) is 4.11. The molecule has 0 bridgehead atoms. The fourth-order valence-electron chi connectivity index (χ4n) is 2.05. The van der Waals surface area contributed by atoms with Crippen LogP contribution in [-0.2, 0) is 4.65 Å². The minimum atomic E-state index is -0.220. The van der Waals surface area contributed by atoms with Gasteiger partial charge in [0.2, 0.25) is 0 Å². The first kappa shape index (κ1) is 16.1. The van der Waals surface area contributed by atoms with Crippen LogP contribution < -0.4 is 16.7 Å². The predicted molar refractivity (Wildman–Crippen MR) is 93.0 cm³/mol. The molecule has 2 nitrogen and oxygen atoms in total. The van der Waals surface area contributed by atoms with Gasteiger partial charge >= 0.3 is 6.92 Å². The molecule has 0 atom stereocenters. The molecule has 0 aliphatic heterocycles. The first-order chi connectivity index (χ1) is 10.2. The monoisotopic (exact) mass is 319 g/mol. The molecule has 0 radical (unpaired) electrons. The maximum Gasteiger partial charge on any atom is 0.361 e. The molecule has 5 heteroatoms. The van der Waals surface area contributed by atoms with E-state index in [1.807, 2.05) is 36.4 Å². The van der Waals surface area contributed by atoms with Crippen molar-refractivity contribution < 1.29 is 4.65 Å². The van der Waals surface area contributed by atoms with Crippen LogP contribution in [0.3, 0.4) is 0 Å². The Hall–Kier alpha value is -1.26. The first-order valence-corrected chi connectivity index (χ1v) is 7.40. The Bertz CT molecular complexity index is 616. The number of benzene rings is 2. The molecule has 2 rings (SSSR count). The van der Waals surface area contributed by atoms with Gasteiger partial charge < -0.3 is 10.4 Å². The fraction of sp³-hybridized carbons (Fsp3) is 0.125. The summed E-state index contributed by atoms with van der Waals surface area (Å²) in [4.78, 5) is 0. The summed E-state index contributed by atoms with van der Waals surface area (Å²) < 4.78 is 5.88. The Morgan fingerprint density at radius 3 is 2.29 bits per heavy atom. The molecule has 0 aromatic heterocycles. The zero-order chi connectivity index (χ0) is 15.2. The highest BCUT2D eigenvalue weighted by Gasteiger charge is 2.21. The highest BCUT2D eigenvalue weighted by Crippen LogP contribution is 2.19. The van der Waals surface area contributed by atoms with Gasteiger partial charge in [0.25, 0.3) is 0 Å². The minimum Gasteiger partial charge on any atom is -0.426 e. The lowest BCUT2D eigenvalue weighted by molar-refractivity contribution is 0.344. The van der Waals surface area contributed by atoms with Gasteiger partial charge in [0.1, 0.15) is 0 Å². The van der Waals surface area contributed by atoms with Crippen molar-refractivity contribution in [1.29, 1.82) is 0 Å². The van der Waals surface area contributed by atoms with Gasteiger partial charge in [0.15, 0.2) is 0 Å². The molecule has 0 aliphatic carbocycles. The normalized spacial score (nSPS) is 10.4. The van der Waals surface area contributed by atoms with Gasteiger partial charge in [-0.1, -0.05) is 66.2 Å². The van der Waals surface area contributed by atoms with Crippen LogP contribution in [0, 0.1) is 0 Å². The molecular weight excluding hydrogens is 304 g/mol. The SMILES string of the molecule is C=Cc1ccc(B(OCCN)c2ccc(Cl)c(Cl)c2)cc1. The van der Waals surface area contributed by atoms with Crippen molar-refractivity contribution in [3.8, 4) is 0 Å². The summed E-state index contributed by atoms with van der Waals surface area (Å²) in [6.45, 7) is 4.46. The summed E-state index contributed by atoms with van der Waals surface area (Å²) in [5.41, 5.74) is 8.59. The van der Waals surface area contributed by atoms with Crippen LogP contribution in [0.25, 0.3) is 6.08 Å². The first-order valence-electron chi connectivity index (χ1n) is 6.64. The maximum atomic E-state index is 6.10. The zero-order valence-corrected chi connectivity index (χ0v) is 13.1. The second-order valence-electron chi connectivity index (χ2n) is 4.58. The van der Waals surface area contributed by atoms with Gasteiger partial charge in [-0.3, -0.25) is 0 Å². The van der Waals surface area contributed by atoms with Crippen LogP contribution in [0.4, 0.5) is 0 Å². The van der Waals surface area contributed by atoms with Gasteiger partial charge in [0, 0.05) is 13.2 Å². The summed E-state index contributed by atoms with van der Waals surface area (Å²) >= 11 is 12.1. The maximum absolute atomic E-state index is 6.10. The second-order valence-corrected chi connectivity index (χ2v) is 5.40. The zero-order valence-electron chi connectivity index (χ0n) is 11.6. The van der Waals surface area contributed by atoms with Crippen LogP contribution >= 0.6 is 23.2 Å². The number of nitrogens with two attached hydrogens (primary N) is 1. The van der Waals surface area contributed by atoms with Crippen LogP contribution in [0.1, 0.15) is 5.56 Å². The van der Waals surface area contributed by atoms with E-state index in [0.717, 1.165) is 16.5 Å². The smallest absolute Gasteiger partial charge is 0.361 e. The molecule has 0 heterocycles. The Labute approximate surface area is 135 Å². The summed E-state index contributed by atoms with van der Waals surface area (Å²) in [6, 6.07) is 13.5. The molecule has 0 unspecified atom stereocenters. The van der Waals surface area contributed by atoms with Crippen LogP contribution in [0.15, 0.2) is 49.0 Å². The average Bonchev–Trinajstić information content (AvgIpc) is 2.51.